The van der Waals surface area contributed by atoms with Gasteiger partial charge in [0.05, 0.1) is 0 Å². The molecule has 0 aromatic heterocycles. The largest absolute Gasteiger partial charge is 0.299 e. The van der Waals surface area contributed by atoms with Crippen molar-refractivity contribution < 1.29 is 9.18 Å². The smallest absolute Gasteiger partial charge is 0.144 e. The lowest BCUT2D eigenvalue weighted by Gasteiger charge is -2.41. The second kappa shape index (κ2) is 3.57. The Balaban J connectivity index is 2.75. The molecule has 0 saturated heterocycles. The van der Waals surface area contributed by atoms with Crippen LogP contribution in [0.1, 0.15) is 60.3 Å². The molecule has 88 valence electrons. The standard InChI is InChI=1S/C13H23FO/c1-11(2,3)10(15)12(4)6-8-13(5,14)9-7-12/h6-9H2,1-5H3. The van der Waals surface area contributed by atoms with Crippen LogP contribution in [0.4, 0.5) is 4.39 Å². The Bertz CT molecular complexity index is 250. The van der Waals surface area contributed by atoms with E-state index < -0.39 is 5.67 Å². The fraction of sp³-hybridized carbons (Fsp3) is 0.923. The first-order valence-electron chi connectivity index (χ1n) is 5.81. The van der Waals surface area contributed by atoms with Crippen molar-refractivity contribution in [3.05, 3.63) is 0 Å². The minimum atomic E-state index is -1.06. The van der Waals surface area contributed by atoms with Crippen molar-refractivity contribution in [1.29, 1.82) is 0 Å². The summed E-state index contributed by atoms with van der Waals surface area (Å²) in [4.78, 5) is 12.2. The molecule has 0 aliphatic heterocycles. The van der Waals surface area contributed by atoms with Crippen LogP contribution < -0.4 is 0 Å². The zero-order valence-corrected chi connectivity index (χ0v) is 10.6. The molecule has 1 nitrogen and oxygen atoms in total. The zero-order chi connectivity index (χ0) is 11.9. The molecule has 0 bridgehead atoms. The van der Waals surface area contributed by atoms with Crippen LogP contribution in [0, 0.1) is 10.8 Å². The third-order valence-electron chi connectivity index (χ3n) is 3.63. The van der Waals surface area contributed by atoms with Gasteiger partial charge in [0.15, 0.2) is 0 Å². The van der Waals surface area contributed by atoms with Crippen LogP contribution in [0.5, 0.6) is 0 Å². The van der Waals surface area contributed by atoms with E-state index in [2.05, 4.69) is 0 Å². The molecule has 1 aliphatic carbocycles. The van der Waals surface area contributed by atoms with Gasteiger partial charge >= 0.3 is 0 Å². The average molecular weight is 214 g/mol. The second-order valence-electron chi connectivity index (χ2n) is 6.55. The Kier molecular flexibility index (Phi) is 3.01. The summed E-state index contributed by atoms with van der Waals surface area (Å²) in [6, 6.07) is 0. The van der Waals surface area contributed by atoms with Gasteiger partial charge in [-0.3, -0.25) is 4.79 Å². The second-order valence-corrected chi connectivity index (χ2v) is 6.55. The van der Waals surface area contributed by atoms with Crippen LogP contribution in [-0.4, -0.2) is 11.5 Å². The van der Waals surface area contributed by atoms with Gasteiger partial charge in [-0.15, -0.1) is 0 Å². The quantitative estimate of drug-likeness (QED) is 0.646. The minimum absolute atomic E-state index is 0.283. The van der Waals surface area contributed by atoms with Crippen molar-refractivity contribution >= 4 is 5.78 Å². The van der Waals surface area contributed by atoms with Crippen molar-refractivity contribution in [2.75, 3.05) is 0 Å². The lowest BCUT2D eigenvalue weighted by atomic mass is 9.63. The van der Waals surface area contributed by atoms with E-state index in [0.29, 0.717) is 25.7 Å². The van der Waals surface area contributed by atoms with Crippen LogP contribution in [0.3, 0.4) is 0 Å². The molecule has 0 atom stereocenters. The molecular formula is C13H23FO. The topological polar surface area (TPSA) is 17.1 Å². The van der Waals surface area contributed by atoms with Gasteiger partial charge in [-0.25, -0.2) is 4.39 Å². The summed E-state index contributed by atoms with van der Waals surface area (Å²) in [5, 5.41) is 0. The predicted molar refractivity (Wildman–Crippen MR) is 60.6 cm³/mol. The van der Waals surface area contributed by atoms with Gasteiger partial charge in [0.2, 0.25) is 0 Å². The molecule has 0 amide bonds. The maximum absolute atomic E-state index is 13.7. The molecular weight excluding hydrogens is 191 g/mol. The number of rotatable bonds is 1. The number of carbonyl (C=O) groups excluding carboxylic acids is 1. The molecule has 1 fully saturated rings. The summed E-state index contributed by atoms with van der Waals surface area (Å²) in [5.41, 5.74) is -1.67. The van der Waals surface area contributed by atoms with Crippen LogP contribution in [0.25, 0.3) is 0 Å². The molecule has 0 radical (unpaired) electrons. The maximum Gasteiger partial charge on any atom is 0.144 e. The van der Waals surface area contributed by atoms with Gasteiger partial charge in [0.1, 0.15) is 11.5 Å². The number of carbonyl (C=O) groups is 1. The highest BCUT2D eigenvalue weighted by Crippen LogP contribution is 2.45. The van der Waals surface area contributed by atoms with E-state index in [9.17, 15) is 9.18 Å². The first kappa shape index (κ1) is 12.7. The van der Waals surface area contributed by atoms with Crippen LogP contribution in [0.2, 0.25) is 0 Å². The number of halogens is 1. The molecule has 0 unspecified atom stereocenters. The molecule has 0 aromatic rings. The lowest BCUT2D eigenvalue weighted by Crippen LogP contribution is -2.42. The Hall–Kier alpha value is -0.400. The van der Waals surface area contributed by atoms with E-state index in [1.807, 2.05) is 27.7 Å². The zero-order valence-electron chi connectivity index (χ0n) is 10.6. The van der Waals surface area contributed by atoms with E-state index in [1.54, 1.807) is 6.92 Å². The van der Waals surface area contributed by atoms with Gasteiger partial charge in [-0.2, -0.15) is 0 Å². The highest BCUT2D eigenvalue weighted by atomic mass is 19.1. The predicted octanol–water partition coefficient (Wildman–Crippen LogP) is 3.91. The molecule has 1 aliphatic rings. The van der Waals surface area contributed by atoms with E-state index in [4.69, 9.17) is 0 Å². The van der Waals surface area contributed by atoms with Gasteiger partial charge in [-0.05, 0) is 32.6 Å². The summed E-state index contributed by atoms with van der Waals surface area (Å²) in [7, 11) is 0. The van der Waals surface area contributed by atoms with Gasteiger partial charge in [0.25, 0.3) is 0 Å². The van der Waals surface area contributed by atoms with Gasteiger partial charge in [-0.1, -0.05) is 27.7 Å². The van der Waals surface area contributed by atoms with Crippen molar-refractivity contribution in [1.82, 2.24) is 0 Å². The number of ketones is 1. The van der Waals surface area contributed by atoms with E-state index in [1.165, 1.54) is 0 Å². The summed E-state index contributed by atoms with van der Waals surface area (Å²) in [5.74, 6) is 0.283. The number of hydrogen-bond acceptors (Lipinski definition) is 1. The SMILES string of the molecule is CC1(F)CCC(C)(C(=O)C(C)(C)C)CC1. The number of Topliss-reactive ketones (excluding diaryl/α,β-unsaturated/α-hetero) is 1. The Morgan fingerprint density at radius 3 is 1.80 bits per heavy atom. The van der Waals surface area contributed by atoms with Crippen molar-refractivity contribution in [2.45, 2.75) is 66.0 Å². The van der Waals surface area contributed by atoms with Crippen LogP contribution in [-0.2, 0) is 4.79 Å². The molecule has 1 rings (SSSR count). The maximum atomic E-state index is 13.7. The van der Waals surface area contributed by atoms with Gasteiger partial charge < -0.3 is 0 Å². The summed E-state index contributed by atoms with van der Waals surface area (Å²) >= 11 is 0. The van der Waals surface area contributed by atoms with Crippen molar-refractivity contribution in [3.63, 3.8) is 0 Å². The highest BCUT2D eigenvalue weighted by Gasteiger charge is 2.45. The fourth-order valence-corrected chi connectivity index (χ4v) is 2.46. The Labute approximate surface area is 92.4 Å². The number of alkyl halides is 1. The van der Waals surface area contributed by atoms with Crippen molar-refractivity contribution in [3.8, 4) is 0 Å². The number of hydrogen-bond donors (Lipinski definition) is 0. The average Bonchev–Trinajstić information content (AvgIpc) is 2.08. The van der Waals surface area contributed by atoms with Crippen molar-refractivity contribution in [2.24, 2.45) is 10.8 Å². The monoisotopic (exact) mass is 214 g/mol. The highest BCUT2D eigenvalue weighted by molar-refractivity contribution is 5.89. The summed E-state index contributed by atoms with van der Waals surface area (Å²) < 4.78 is 13.7. The lowest BCUT2D eigenvalue weighted by molar-refractivity contribution is -0.139. The van der Waals surface area contributed by atoms with E-state index >= 15 is 0 Å². The fourth-order valence-electron chi connectivity index (χ4n) is 2.46. The summed E-state index contributed by atoms with van der Waals surface area (Å²) in [6.45, 7) is 9.49. The first-order valence-corrected chi connectivity index (χ1v) is 5.81. The first-order chi connectivity index (χ1) is 6.57. The molecule has 2 heteroatoms. The normalized spacial score (nSPS) is 37.7. The van der Waals surface area contributed by atoms with Crippen LogP contribution in [0.15, 0.2) is 0 Å². The van der Waals surface area contributed by atoms with Crippen LogP contribution >= 0.6 is 0 Å². The molecule has 0 heterocycles. The molecule has 1 saturated carbocycles. The third-order valence-corrected chi connectivity index (χ3v) is 3.63. The minimum Gasteiger partial charge on any atom is -0.299 e. The Morgan fingerprint density at radius 1 is 1.07 bits per heavy atom. The molecule has 0 spiro atoms. The Morgan fingerprint density at radius 2 is 1.47 bits per heavy atom. The van der Waals surface area contributed by atoms with E-state index in [-0.39, 0.29) is 16.6 Å². The molecule has 15 heavy (non-hydrogen) atoms. The summed E-state index contributed by atoms with van der Waals surface area (Å²) in [6.07, 6.45) is 2.42. The molecule has 0 aromatic carbocycles. The van der Waals surface area contributed by atoms with E-state index in [0.717, 1.165) is 0 Å². The molecule has 0 N–H and O–H groups in total. The van der Waals surface area contributed by atoms with Gasteiger partial charge in [0, 0.05) is 10.8 Å². The third kappa shape index (κ3) is 2.79.